The number of nitrogens with one attached hydrogen (secondary N) is 3. The molecule has 2 aliphatic rings. The van der Waals surface area contributed by atoms with Crippen molar-refractivity contribution in [3.8, 4) is 12.3 Å². The highest BCUT2D eigenvalue weighted by molar-refractivity contribution is 8.00. The van der Waals surface area contributed by atoms with Gasteiger partial charge in [-0.1, -0.05) is 12.3 Å². The lowest BCUT2D eigenvalue weighted by molar-refractivity contribution is -0.116. The van der Waals surface area contributed by atoms with Gasteiger partial charge in [0.2, 0.25) is 5.91 Å². The van der Waals surface area contributed by atoms with E-state index in [4.69, 9.17) is 6.42 Å². The maximum Gasteiger partial charge on any atom is 0.315 e. The van der Waals surface area contributed by atoms with Gasteiger partial charge in [-0.25, -0.2) is 4.79 Å². The molecular weight excluding hydrogens is 322 g/mol. The Bertz CT molecular complexity index is 653. The predicted octanol–water partition coefficient (Wildman–Crippen LogP) is 2.33. The number of amides is 3. The van der Waals surface area contributed by atoms with E-state index in [1.807, 2.05) is 36.0 Å². The number of terminal acetylenes is 1. The number of carbonyl (C=O) groups is 2. The first-order chi connectivity index (χ1) is 11.7. The first-order valence-corrected chi connectivity index (χ1v) is 9.26. The molecule has 2 heterocycles. The summed E-state index contributed by atoms with van der Waals surface area (Å²) in [5.74, 6) is 3.55. The number of carbonyl (C=O) groups excluding carboxylic acids is 2. The van der Waals surface area contributed by atoms with Crippen LogP contribution in [0.3, 0.4) is 0 Å². The molecule has 126 valence electrons. The highest BCUT2D eigenvalue weighted by Crippen LogP contribution is 2.33. The fraction of sp³-hybridized carbons (Fsp3) is 0.444. The zero-order valence-corrected chi connectivity index (χ0v) is 14.2. The summed E-state index contributed by atoms with van der Waals surface area (Å²) in [6.45, 7) is 0. The SMILES string of the molecule is C#Cc1ccc(NC(=O)CCCC[C@@H]2SC[C@@H]3NC(=O)N[C@@H]32)cc1. The van der Waals surface area contributed by atoms with Crippen molar-refractivity contribution in [3.63, 3.8) is 0 Å². The predicted molar refractivity (Wildman–Crippen MR) is 97.0 cm³/mol. The van der Waals surface area contributed by atoms with Crippen molar-refractivity contribution in [1.82, 2.24) is 10.6 Å². The van der Waals surface area contributed by atoms with E-state index in [0.29, 0.717) is 11.7 Å². The number of hydrogen-bond donors (Lipinski definition) is 3. The van der Waals surface area contributed by atoms with E-state index >= 15 is 0 Å². The largest absolute Gasteiger partial charge is 0.332 e. The van der Waals surface area contributed by atoms with Gasteiger partial charge in [-0.3, -0.25) is 4.79 Å². The molecule has 0 spiro atoms. The molecule has 3 amide bonds. The summed E-state index contributed by atoms with van der Waals surface area (Å²) in [5.41, 5.74) is 1.57. The fourth-order valence-electron chi connectivity index (χ4n) is 3.15. The molecule has 0 radical (unpaired) electrons. The first-order valence-electron chi connectivity index (χ1n) is 8.21. The molecule has 0 bridgehead atoms. The van der Waals surface area contributed by atoms with Crippen LogP contribution >= 0.6 is 11.8 Å². The second kappa shape index (κ2) is 7.63. The molecule has 1 aromatic rings. The first kappa shape index (κ1) is 16.7. The molecule has 3 rings (SSSR count). The van der Waals surface area contributed by atoms with Gasteiger partial charge in [-0.2, -0.15) is 11.8 Å². The summed E-state index contributed by atoms with van der Waals surface area (Å²) in [4.78, 5) is 23.3. The Balaban J connectivity index is 1.35. The van der Waals surface area contributed by atoms with Crippen molar-refractivity contribution < 1.29 is 9.59 Å². The Labute approximate surface area is 146 Å². The topological polar surface area (TPSA) is 70.2 Å². The number of unbranched alkanes of at least 4 members (excludes halogenated alkanes) is 1. The van der Waals surface area contributed by atoms with E-state index < -0.39 is 0 Å². The number of thioether (sulfide) groups is 1. The molecule has 24 heavy (non-hydrogen) atoms. The van der Waals surface area contributed by atoms with E-state index in [1.54, 1.807) is 0 Å². The number of hydrogen-bond acceptors (Lipinski definition) is 3. The molecule has 6 heteroatoms. The summed E-state index contributed by atoms with van der Waals surface area (Å²) in [6.07, 6.45) is 8.68. The van der Waals surface area contributed by atoms with Crippen LogP contribution in [0.25, 0.3) is 0 Å². The van der Waals surface area contributed by atoms with Gasteiger partial charge >= 0.3 is 6.03 Å². The Morgan fingerprint density at radius 1 is 1.29 bits per heavy atom. The van der Waals surface area contributed by atoms with Gasteiger partial charge in [0, 0.05) is 28.7 Å². The average Bonchev–Trinajstić information content (AvgIpc) is 3.12. The van der Waals surface area contributed by atoms with Crippen LogP contribution in [0.5, 0.6) is 0 Å². The minimum absolute atomic E-state index is 0.0243. The van der Waals surface area contributed by atoms with E-state index in [1.165, 1.54) is 0 Å². The number of rotatable bonds is 6. The Morgan fingerprint density at radius 3 is 2.83 bits per heavy atom. The van der Waals surface area contributed by atoms with E-state index in [9.17, 15) is 9.59 Å². The molecule has 3 atom stereocenters. The van der Waals surface area contributed by atoms with Crippen LogP contribution < -0.4 is 16.0 Å². The lowest BCUT2D eigenvalue weighted by Gasteiger charge is -2.16. The second-order valence-electron chi connectivity index (χ2n) is 6.14. The molecule has 2 aliphatic heterocycles. The second-order valence-corrected chi connectivity index (χ2v) is 7.41. The molecule has 2 saturated heterocycles. The van der Waals surface area contributed by atoms with Crippen molar-refractivity contribution in [3.05, 3.63) is 29.8 Å². The van der Waals surface area contributed by atoms with Crippen molar-refractivity contribution in [2.75, 3.05) is 11.1 Å². The number of benzene rings is 1. The summed E-state index contributed by atoms with van der Waals surface area (Å²) in [7, 11) is 0. The third kappa shape index (κ3) is 4.04. The van der Waals surface area contributed by atoms with Crippen LogP contribution in [0, 0.1) is 12.3 Å². The number of fused-ring (bicyclic) bond motifs is 1. The average molecular weight is 343 g/mol. The van der Waals surface area contributed by atoms with Crippen LogP contribution in [0.4, 0.5) is 10.5 Å². The van der Waals surface area contributed by atoms with Crippen LogP contribution in [0.15, 0.2) is 24.3 Å². The van der Waals surface area contributed by atoms with Gasteiger partial charge in [0.25, 0.3) is 0 Å². The maximum absolute atomic E-state index is 12.0. The summed E-state index contributed by atoms with van der Waals surface area (Å²) in [6, 6.07) is 7.72. The summed E-state index contributed by atoms with van der Waals surface area (Å²) < 4.78 is 0. The molecule has 5 nitrogen and oxygen atoms in total. The van der Waals surface area contributed by atoms with Gasteiger partial charge in [-0.15, -0.1) is 6.42 Å². The third-order valence-electron chi connectivity index (χ3n) is 4.42. The minimum atomic E-state index is -0.0504. The molecule has 0 aromatic heterocycles. The molecule has 0 saturated carbocycles. The lowest BCUT2D eigenvalue weighted by atomic mass is 10.0. The standard InChI is InChI=1S/C18H21N3O2S/c1-2-12-7-9-13(10-8-12)19-16(22)6-4-3-5-15-17-14(11-24-15)20-18(23)21-17/h1,7-10,14-15,17H,3-6,11H2,(H,19,22)(H2,20,21,23)/t14-,15-,17-/m0/s1. The van der Waals surface area contributed by atoms with Gasteiger partial charge in [0.1, 0.15) is 0 Å². The Kier molecular flexibility index (Phi) is 5.31. The van der Waals surface area contributed by atoms with Gasteiger partial charge in [0.15, 0.2) is 0 Å². The van der Waals surface area contributed by atoms with Crippen molar-refractivity contribution in [2.24, 2.45) is 0 Å². The highest BCUT2D eigenvalue weighted by atomic mass is 32.2. The number of anilines is 1. The van der Waals surface area contributed by atoms with Crippen LogP contribution in [0.1, 0.15) is 31.2 Å². The van der Waals surface area contributed by atoms with E-state index in [-0.39, 0.29) is 24.0 Å². The summed E-state index contributed by atoms with van der Waals surface area (Å²) in [5, 5.41) is 9.27. The third-order valence-corrected chi connectivity index (χ3v) is 5.92. The van der Waals surface area contributed by atoms with Crippen LogP contribution in [-0.4, -0.2) is 35.0 Å². The fourth-order valence-corrected chi connectivity index (χ4v) is 4.69. The molecule has 0 aliphatic carbocycles. The van der Waals surface area contributed by atoms with Gasteiger partial charge in [0.05, 0.1) is 12.1 Å². The smallest absolute Gasteiger partial charge is 0.315 e. The van der Waals surface area contributed by atoms with Crippen LogP contribution in [0.2, 0.25) is 0 Å². The normalized spacial score (nSPS) is 24.6. The van der Waals surface area contributed by atoms with Crippen molar-refractivity contribution in [1.29, 1.82) is 0 Å². The monoisotopic (exact) mass is 343 g/mol. The van der Waals surface area contributed by atoms with Crippen molar-refractivity contribution in [2.45, 2.75) is 43.0 Å². The molecule has 0 unspecified atom stereocenters. The Morgan fingerprint density at radius 2 is 2.08 bits per heavy atom. The molecule has 2 fully saturated rings. The van der Waals surface area contributed by atoms with Gasteiger partial charge < -0.3 is 16.0 Å². The Hall–Kier alpha value is -2.13. The number of urea groups is 1. The minimum Gasteiger partial charge on any atom is -0.332 e. The molecule has 1 aromatic carbocycles. The summed E-state index contributed by atoms with van der Waals surface area (Å²) >= 11 is 1.91. The quantitative estimate of drug-likeness (QED) is 0.422. The van der Waals surface area contributed by atoms with Crippen molar-refractivity contribution >= 4 is 29.4 Å². The zero-order valence-electron chi connectivity index (χ0n) is 13.4. The van der Waals surface area contributed by atoms with E-state index in [0.717, 1.165) is 36.3 Å². The molecule has 3 N–H and O–H groups in total. The zero-order chi connectivity index (χ0) is 16.9. The molecular formula is C18H21N3O2S. The maximum atomic E-state index is 12.0. The van der Waals surface area contributed by atoms with Gasteiger partial charge in [-0.05, 0) is 37.1 Å². The van der Waals surface area contributed by atoms with E-state index in [2.05, 4.69) is 21.9 Å². The van der Waals surface area contributed by atoms with Crippen LogP contribution in [-0.2, 0) is 4.79 Å². The lowest BCUT2D eigenvalue weighted by Crippen LogP contribution is -2.36. The highest BCUT2D eigenvalue weighted by Gasteiger charge is 2.42.